The molecular weight excluding hydrogens is 258 g/mol. The van der Waals surface area contributed by atoms with Gasteiger partial charge >= 0.3 is 0 Å². The van der Waals surface area contributed by atoms with Crippen molar-refractivity contribution >= 4 is 17.6 Å². The van der Waals surface area contributed by atoms with Crippen LogP contribution in [0.5, 0.6) is 0 Å². The van der Waals surface area contributed by atoms with Gasteiger partial charge in [-0.1, -0.05) is 13.8 Å². The summed E-state index contributed by atoms with van der Waals surface area (Å²) in [5, 5.41) is 4.78. The van der Waals surface area contributed by atoms with E-state index in [1.54, 1.807) is 18.5 Å². The molecule has 6 heteroatoms. The molecular formula is C13H17N5S. The fourth-order valence-corrected chi connectivity index (χ4v) is 2.18. The Labute approximate surface area is 117 Å². The Morgan fingerprint density at radius 3 is 2.58 bits per heavy atom. The third kappa shape index (κ3) is 3.89. The molecule has 0 amide bonds. The molecule has 2 aromatic heterocycles. The molecule has 0 saturated carbocycles. The van der Waals surface area contributed by atoms with Gasteiger partial charge in [-0.15, -0.1) is 0 Å². The van der Waals surface area contributed by atoms with Gasteiger partial charge < -0.3 is 5.32 Å². The molecule has 0 aromatic carbocycles. The standard InChI is InChI=1S/C13H17N5S/c1-4-14-10-8-11(18-12(17-10)9(2)3)19-13-15-6-5-7-16-13/h5-9H,4H2,1-3H3,(H,14,17,18). The van der Waals surface area contributed by atoms with E-state index in [4.69, 9.17) is 0 Å². The number of nitrogens with one attached hydrogen (secondary N) is 1. The summed E-state index contributed by atoms with van der Waals surface area (Å²) in [6, 6.07) is 3.73. The molecule has 0 bridgehead atoms. The van der Waals surface area contributed by atoms with Crippen molar-refractivity contribution in [2.24, 2.45) is 0 Å². The first-order valence-corrected chi connectivity index (χ1v) is 7.08. The highest BCUT2D eigenvalue weighted by molar-refractivity contribution is 7.99. The Bertz CT molecular complexity index is 530. The van der Waals surface area contributed by atoms with Gasteiger partial charge in [-0.2, -0.15) is 0 Å². The molecule has 0 aliphatic carbocycles. The van der Waals surface area contributed by atoms with Gasteiger partial charge in [-0.05, 0) is 24.8 Å². The highest BCUT2D eigenvalue weighted by atomic mass is 32.2. The lowest BCUT2D eigenvalue weighted by Crippen LogP contribution is -2.05. The average Bonchev–Trinajstić information content (AvgIpc) is 2.40. The second kappa shape index (κ2) is 6.47. The first-order valence-electron chi connectivity index (χ1n) is 6.26. The third-order valence-electron chi connectivity index (χ3n) is 2.33. The Kier molecular flexibility index (Phi) is 4.68. The van der Waals surface area contributed by atoms with Crippen molar-refractivity contribution in [2.45, 2.75) is 36.9 Å². The van der Waals surface area contributed by atoms with E-state index in [0.29, 0.717) is 5.16 Å². The fraction of sp³-hybridized carbons (Fsp3) is 0.385. The summed E-state index contributed by atoms with van der Waals surface area (Å²) in [6.07, 6.45) is 3.45. The minimum atomic E-state index is 0.287. The Hall–Kier alpha value is -1.69. The summed E-state index contributed by atoms with van der Waals surface area (Å²) >= 11 is 1.45. The largest absolute Gasteiger partial charge is 0.370 e. The van der Waals surface area contributed by atoms with Gasteiger partial charge in [0.15, 0.2) is 5.16 Å². The van der Waals surface area contributed by atoms with Gasteiger partial charge in [0.2, 0.25) is 0 Å². The Balaban J connectivity index is 2.28. The molecule has 2 heterocycles. The summed E-state index contributed by atoms with van der Waals surface area (Å²) in [5.74, 6) is 1.96. The Morgan fingerprint density at radius 2 is 1.95 bits per heavy atom. The fourth-order valence-electron chi connectivity index (χ4n) is 1.46. The van der Waals surface area contributed by atoms with Crippen LogP contribution in [-0.2, 0) is 0 Å². The minimum Gasteiger partial charge on any atom is -0.370 e. The predicted molar refractivity (Wildman–Crippen MR) is 76.4 cm³/mol. The molecule has 1 N–H and O–H groups in total. The van der Waals surface area contributed by atoms with E-state index in [9.17, 15) is 0 Å². The van der Waals surface area contributed by atoms with Crippen molar-refractivity contribution < 1.29 is 0 Å². The van der Waals surface area contributed by atoms with Crippen molar-refractivity contribution in [3.63, 3.8) is 0 Å². The molecule has 0 aliphatic rings. The molecule has 0 fully saturated rings. The second-order valence-electron chi connectivity index (χ2n) is 4.27. The number of anilines is 1. The van der Waals surface area contributed by atoms with Gasteiger partial charge in [0.25, 0.3) is 0 Å². The molecule has 2 aromatic rings. The van der Waals surface area contributed by atoms with E-state index in [-0.39, 0.29) is 5.92 Å². The van der Waals surface area contributed by atoms with Gasteiger partial charge in [0.05, 0.1) is 0 Å². The molecule has 5 nitrogen and oxygen atoms in total. The first-order chi connectivity index (χ1) is 9.19. The van der Waals surface area contributed by atoms with Crippen LogP contribution in [0.15, 0.2) is 34.7 Å². The number of aromatic nitrogens is 4. The van der Waals surface area contributed by atoms with E-state index in [1.807, 2.05) is 13.0 Å². The predicted octanol–water partition coefficient (Wildman–Crippen LogP) is 2.97. The molecule has 0 saturated heterocycles. The van der Waals surface area contributed by atoms with Crippen molar-refractivity contribution in [1.29, 1.82) is 0 Å². The zero-order chi connectivity index (χ0) is 13.7. The maximum absolute atomic E-state index is 4.54. The van der Waals surface area contributed by atoms with Gasteiger partial charge in [-0.25, -0.2) is 19.9 Å². The molecule has 0 atom stereocenters. The van der Waals surface area contributed by atoms with E-state index in [2.05, 4.69) is 39.1 Å². The summed E-state index contributed by atoms with van der Waals surface area (Å²) in [6.45, 7) is 7.04. The molecule has 100 valence electrons. The minimum absolute atomic E-state index is 0.287. The molecule has 0 aliphatic heterocycles. The monoisotopic (exact) mass is 275 g/mol. The molecule has 0 radical (unpaired) electrons. The van der Waals surface area contributed by atoms with E-state index >= 15 is 0 Å². The molecule has 0 unspecified atom stereocenters. The lowest BCUT2D eigenvalue weighted by molar-refractivity contribution is 0.753. The number of hydrogen-bond donors (Lipinski definition) is 1. The van der Waals surface area contributed by atoms with Crippen LogP contribution in [-0.4, -0.2) is 26.5 Å². The summed E-state index contributed by atoms with van der Waals surface area (Å²) in [5.41, 5.74) is 0. The van der Waals surface area contributed by atoms with Crippen molar-refractivity contribution in [3.05, 3.63) is 30.4 Å². The van der Waals surface area contributed by atoms with Crippen LogP contribution in [0.2, 0.25) is 0 Å². The molecule has 2 rings (SSSR count). The van der Waals surface area contributed by atoms with Crippen molar-refractivity contribution in [3.8, 4) is 0 Å². The van der Waals surface area contributed by atoms with Gasteiger partial charge in [0, 0.05) is 30.9 Å². The van der Waals surface area contributed by atoms with Crippen LogP contribution >= 0.6 is 11.8 Å². The summed E-state index contributed by atoms with van der Waals surface area (Å²) < 4.78 is 0. The topological polar surface area (TPSA) is 63.6 Å². The van der Waals surface area contributed by atoms with Crippen molar-refractivity contribution in [1.82, 2.24) is 19.9 Å². The normalized spacial score (nSPS) is 10.7. The van der Waals surface area contributed by atoms with Crippen LogP contribution in [0, 0.1) is 0 Å². The second-order valence-corrected chi connectivity index (χ2v) is 5.26. The third-order valence-corrected chi connectivity index (χ3v) is 3.14. The van der Waals surface area contributed by atoms with E-state index in [0.717, 1.165) is 23.2 Å². The lowest BCUT2D eigenvalue weighted by Gasteiger charge is -2.10. The van der Waals surface area contributed by atoms with Crippen LogP contribution in [0.1, 0.15) is 32.5 Å². The quantitative estimate of drug-likeness (QED) is 0.668. The first kappa shape index (κ1) is 13.7. The maximum Gasteiger partial charge on any atom is 0.193 e. The van der Waals surface area contributed by atoms with E-state index < -0.39 is 0 Å². The van der Waals surface area contributed by atoms with E-state index in [1.165, 1.54) is 11.8 Å². The van der Waals surface area contributed by atoms with Gasteiger partial charge in [0.1, 0.15) is 16.7 Å². The zero-order valence-corrected chi connectivity index (χ0v) is 12.1. The molecule has 0 spiro atoms. The number of rotatable bonds is 5. The maximum atomic E-state index is 4.54. The number of nitrogens with zero attached hydrogens (tertiary/aromatic N) is 4. The SMILES string of the molecule is CCNc1cc(Sc2ncccn2)nc(C(C)C)n1. The van der Waals surface area contributed by atoms with Crippen LogP contribution < -0.4 is 5.32 Å². The summed E-state index contributed by atoms with van der Waals surface area (Å²) in [4.78, 5) is 17.4. The average molecular weight is 275 g/mol. The summed E-state index contributed by atoms with van der Waals surface area (Å²) in [7, 11) is 0. The highest BCUT2D eigenvalue weighted by Gasteiger charge is 2.09. The lowest BCUT2D eigenvalue weighted by atomic mass is 10.2. The van der Waals surface area contributed by atoms with Crippen LogP contribution in [0.25, 0.3) is 0 Å². The van der Waals surface area contributed by atoms with Gasteiger partial charge in [-0.3, -0.25) is 0 Å². The highest BCUT2D eigenvalue weighted by Crippen LogP contribution is 2.25. The van der Waals surface area contributed by atoms with Crippen molar-refractivity contribution in [2.75, 3.05) is 11.9 Å². The molecule has 19 heavy (non-hydrogen) atoms. The zero-order valence-electron chi connectivity index (χ0n) is 11.3. The van der Waals surface area contributed by atoms with Crippen LogP contribution in [0.4, 0.5) is 5.82 Å². The number of hydrogen-bond acceptors (Lipinski definition) is 6. The Morgan fingerprint density at radius 1 is 1.21 bits per heavy atom. The smallest absolute Gasteiger partial charge is 0.193 e. The van der Waals surface area contributed by atoms with Crippen LogP contribution in [0.3, 0.4) is 0 Å².